The van der Waals surface area contributed by atoms with Gasteiger partial charge in [-0.3, -0.25) is 9.59 Å². The summed E-state index contributed by atoms with van der Waals surface area (Å²) in [6, 6.07) is 18.6. The van der Waals surface area contributed by atoms with Crippen LogP contribution in [0.5, 0.6) is 5.75 Å². The van der Waals surface area contributed by atoms with Gasteiger partial charge in [-0.2, -0.15) is 0 Å². The Morgan fingerprint density at radius 2 is 1.76 bits per heavy atom. The van der Waals surface area contributed by atoms with Crippen LogP contribution in [0, 0.1) is 13.8 Å². The quantitative estimate of drug-likeness (QED) is 0.436. The third kappa shape index (κ3) is 5.06. The van der Waals surface area contributed by atoms with Gasteiger partial charge < -0.3 is 19.7 Å². The number of aromatic nitrogens is 2. The molecular formula is C29H30N4O4. The van der Waals surface area contributed by atoms with E-state index in [9.17, 15) is 9.59 Å². The molecule has 8 nitrogen and oxygen atoms in total. The Bertz CT molecular complexity index is 1510. The second-order valence-corrected chi connectivity index (χ2v) is 9.18. The van der Waals surface area contributed by atoms with E-state index in [2.05, 4.69) is 10.2 Å². The monoisotopic (exact) mass is 498 g/mol. The highest BCUT2D eigenvalue weighted by atomic mass is 16.5. The van der Waals surface area contributed by atoms with Crippen molar-refractivity contribution < 1.29 is 14.3 Å². The van der Waals surface area contributed by atoms with Crippen molar-refractivity contribution in [2.45, 2.75) is 20.4 Å². The van der Waals surface area contributed by atoms with Gasteiger partial charge in [0.15, 0.2) is 0 Å². The second-order valence-electron chi connectivity index (χ2n) is 9.18. The van der Waals surface area contributed by atoms with E-state index in [0.29, 0.717) is 55.3 Å². The Morgan fingerprint density at radius 3 is 2.46 bits per heavy atom. The molecule has 37 heavy (non-hydrogen) atoms. The summed E-state index contributed by atoms with van der Waals surface area (Å²) in [5.74, 6) is 1.09. The number of benzene rings is 3. The molecule has 1 amide bonds. The Hall–Kier alpha value is -4.17. The highest BCUT2D eigenvalue weighted by molar-refractivity contribution is 5.97. The molecule has 1 aromatic heterocycles. The van der Waals surface area contributed by atoms with E-state index in [4.69, 9.17) is 14.5 Å². The van der Waals surface area contributed by atoms with E-state index in [0.717, 1.165) is 28.1 Å². The average Bonchev–Trinajstić information content (AvgIpc) is 2.93. The SMILES string of the molecule is COc1ccc(CNC(=O)c2ccc3c(=O)n(-c4ccc(C)c(C)c4)c(N4CCOCC4)nc3c2)cc1. The predicted octanol–water partition coefficient (Wildman–Crippen LogP) is 3.78. The smallest absolute Gasteiger partial charge is 0.267 e. The van der Waals surface area contributed by atoms with Crippen molar-refractivity contribution in [2.24, 2.45) is 0 Å². The fraction of sp³-hybridized carbons (Fsp3) is 0.276. The molecule has 1 aliphatic rings. The van der Waals surface area contributed by atoms with Crippen molar-refractivity contribution >= 4 is 22.8 Å². The lowest BCUT2D eigenvalue weighted by molar-refractivity contribution is 0.0951. The molecule has 0 unspecified atom stereocenters. The van der Waals surface area contributed by atoms with E-state index in [1.54, 1.807) is 29.9 Å². The molecule has 4 aromatic rings. The zero-order valence-electron chi connectivity index (χ0n) is 21.3. The normalized spacial score (nSPS) is 13.5. The maximum absolute atomic E-state index is 13.8. The molecule has 8 heteroatoms. The molecule has 2 heterocycles. The van der Waals surface area contributed by atoms with Crippen LogP contribution < -0.4 is 20.5 Å². The number of ether oxygens (including phenoxy) is 2. The number of rotatable bonds is 6. The summed E-state index contributed by atoms with van der Waals surface area (Å²) >= 11 is 0. The van der Waals surface area contributed by atoms with Crippen molar-refractivity contribution in [3.63, 3.8) is 0 Å². The number of nitrogens with one attached hydrogen (secondary N) is 1. The van der Waals surface area contributed by atoms with Crippen molar-refractivity contribution in [1.82, 2.24) is 14.9 Å². The number of fused-ring (bicyclic) bond motifs is 1. The average molecular weight is 499 g/mol. The largest absolute Gasteiger partial charge is 0.497 e. The molecule has 1 N–H and O–H groups in total. The number of aryl methyl sites for hydroxylation is 2. The van der Waals surface area contributed by atoms with Crippen LogP contribution in [0.25, 0.3) is 16.6 Å². The van der Waals surface area contributed by atoms with Gasteiger partial charge in [0.2, 0.25) is 5.95 Å². The van der Waals surface area contributed by atoms with E-state index >= 15 is 0 Å². The minimum absolute atomic E-state index is 0.167. The molecule has 0 spiro atoms. The first kappa shape index (κ1) is 24.5. The number of hydrogen-bond acceptors (Lipinski definition) is 6. The standard InChI is InChI=1S/C29H30N4O4/c1-19-4-8-23(16-20(19)2)33-28(35)25-11-7-22(17-26(25)31-29(33)32-12-14-37-15-13-32)27(34)30-18-21-5-9-24(36-3)10-6-21/h4-11,16-17H,12-15,18H2,1-3H3,(H,30,34). The zero-order valence-corrected chi connectivity index (χ0v) is 21.3. The highest BCUT2D eigenvalue weighted by Crippen LogP contribution is 2.23. The number of nitrogens with zero attached hydrogens (tertiary/aromatic N) is 3. The van der Waals surface area contributed by atoms with E-state index in [1.165, 1.54) is 0 Å². The third-order valence-electron chi connectivity index (χ3n) is 6.77. The Balaban J connectivity index is 1.51. The van der Waals surface area contributed by atoms with Crippen LogP contribution in [-0.2, 0) is 11.3 Å². The third-order valence-corrected chi connectivity index (χ3v) is 6.77. The summed E-state index contributed by atoms with van der Waals surface area (Å²) in [4.78, 5) is 33.7. The van der Waals surface area contributed by atoms with Crippen LogP contribution in [-0.4, -0.2) is 48.9 Å². The minimum atomic E-state index is -0.231. The first-order valence-electron chi connectivity index (χ1n) is 12.3. The fourth-order valence-electron chi connectivity index (χ4n) is 4.42. The molecule has 1 fully saturated rings. The molecule has 5 rings (SSSR count). The zero-order chi connectivity index (χ0) is 25.9. The molecule has 1 saturated heterocycles. The Kier molecular flexibility index (Phi) is 6.92. The summed E-state index contributed by atoms with van der Waals surface area (Å²) in [6.45, 7) is 6.84. The lowest BCUT2D eigenvalue weighted by Crippen LogP contribution is -2.40. The predicted molar refractivity (Wildman–Crippen MR) is 144 cm³/mol. The second kappa shape index (κ2) is 10.4. The molecule has 1 aliphatic heterocycles. The summed E-state index contributed by atoms with van der Waals surface area (Å²) in [6.07, 6.45) is 0. The van der Waals surface area contributed by atoms with Gasteiger partial charge in [0, 0.05) is 25.2 Å². The van der Waals surface area contributed by atoms with Gasteiger partial charge in [-0.25, -0.2) is 9.55 Å². The summed E-state index contributed by atoms with van der Waals surface area (Å²) in [5.41, 5.74) is 4.75. The van der Waals surface area contributed by atoms with Gasteiger partial charge >= 0.3 is 0 Å². The first-order valence-corrected chi connectivity index (χ1v) is 12.3. The number of morpholine rings is 1. The number of hydrogen-bond donors (Lipinski definition) is 1. The molecular weight excluding hydrogens is 468 g/mol. The van der Waals surface area contributed by atoms with Crippen LogP contribution in [0.3, 0.4) is 0 Å². The van der Waals surface area contributed by atoms with Crippen LogP contribution in [0.4, 0.5) is 5.95 Å². The van der Waals surface area contributed by atoms with Gasteiger partial charge in [-0.15, -0.1) is 0 Å². The molecule has 0 aliphatic carbocycles. The fourth-order valence-corrected chi connectivity index (χ4v) is 4.42. The number of methoxy groups -OCH3 is 1. The maximum atomic E-state index is 13.8. The first-order chi connectivity index (χ1) is 17.9. The molecule has 3 aromatic carbocycles. The number of carbonyl (C=O) groups excluding carboxylic acids is 1. The highest BCUT2D eigenvalue weighted by Gasteiger charge is 2.21. The van der Waals surface area contributed by atoms with E-state index < -0.39 is 0 Å². The van der Waals surface area contributed by atoms with Crippen molar-refractivity contribution in [1.29, 1.82) is 0 Å². The molecule has 0 radical (unpaired) electrons. The lowest BCUT2D eigenvalue weighted by atomic mass is 10.1. The van der Waals surface area contributed by atoms with Crippen molar-refractivity contribution in [2.75, 3.05) is 38.3 Å². The van der Waals surface area contributed by atoms with Crippen molar-refractivity contribution in [3.8, 4) is 11.4 Å². The molecule has 0 atom stereocenters. The summed E-state index contributed by atoms with van der Waals surface area (Å²) in [5, 5.41) is 3.40. The number of carbonyl (C=O) groups is 1. The van der Waals surface area contributed by atoms with Gasteiger partial charge in [-0.05, 0) is 73.0 Å². The van der Waals surface area contributed by atoms with Crippen molar-refractivity contribution in [3.05, 3.63) is 93.3 Å². The van der Waals surface area contributed by atoms with Gasteiger partial charge in [0.1, 0.15) is 5.75 Å². The molecule has 0 bridgehead atoms. The molecule has 0 saturated carbocycles. The van der Waals surface area contributed by atoms with E-state index in [-0.39, 0.29) is 11.5 Å². The minimum Gasteiger partial charge on any atom is -0.497 e. The van der Waals surface area contributed by atoms with Gasteiger partial charge in [0.05, 0.1) is 36.9 Å². The van der Waals surface area contributed by atoms with Crippen LogP contribution in [0.1, 0.15) is 27.0 Å². The summed E-state index contributed by atoms with van der Waals surface area (Å²) < 4.78 is 12.4. The topological polar surface area (TPSA) is 85.7 Å². The summed E-state index contributed by atoms with van der Waals surface area (Å²) in [7, 11) is 1.62. The Morgan fingerprint density at radius 1 is 1.00 bits per heavy atom. The van der Waals surface area contributed by atoms with Crippen LogP contribution in [0.2, 0.25) is 0 Å². The van der Waals surface area contributed by atoms with E-state index in [1.807, 2.05) is 56.3 Å². The van der Waals surface area contributed by atoms with Gasteiger partial charge in [-0.1, -0.05) is 18.2 Å². The number of anilines is 1. The lowest BCUT2D eigenvalue weighted by Gasteiger charge is -2.30. The van der Waals surface area contributed by atoms with Crippen LogP contribution >= 0.6 is 0 Å². The van der Waals surface area contributed by atoms with Crippen LogP contribution in [0.15, 0.2) is 65.5 Å². The Labute approximate surface area is 215 Å². The maximum Gasteiger partial charge on any atom is 0.267 e. The number of amides is 1. The van der Waals surface area contributed by atoms with Gasteiger partial charge in [0.25, 0.3) is 11.5 Å². The molecule has 190 valence electrons.